The maximum Gasteiger partial charge on any atom is 0.272 e. The first-order valence-corrected chi connectivity index (χ1v) is 10.0. The number of piperidine rings is 1. The molecular formula is C19H32N6O2. The second-order valence-electron chi connectivity index (χ2n) is 7.64. The number of hydrogen-bond donors (Lipinski definition) is 3. The lowest BCUT2D eigenvalue weighted by molar-refractivity contribution is -0.121. The summed E-state index contributed by atoms with van der Waals surface area (Å²) >= 11 is 0. The molecule has 0 spiro atoms. The van der Waals surface area contributed by atoms with Crippen molar-refractivity contribution in [3.8, 4) is 0 Å². The first-order valence-electron chi connectivity index (χ1n) is 10.0. The van der Waals surface area contributed by atoms with Gasteiger partial charge in [-0.05, 0) is 58.3 Å². The molecule has 2 amide bonds. The molecule has 0 aromatic carbocycles. The number of nitrogens with one attached hydrogen (secondary N) is 3. The molecule has 2 aliphatic rings. The average Bonchev–Trinajstić information content (AvgIpc) is 3.04. The minimum atomic E-state index is -0.161. The highest BCUT2D eigenvalue weighted by Crippen LogP contribution is 2.23. The standard InChI is InChI=1S/C19H32N6O2/c1-4-24-9-7-14(8-10-24)21-15-5-6-16(15)22-19(27)17-11-13(2)25(23-17)12-18(26)20-3/h11,14-16,21H,4-10,12H2,1-3H3,(H,20,26)(H,22,27)/t15-,16+/m0/s1. The number of aromatic nitrogens is 2. The smallest absolute Gasteiger partial charge is 0.272 e. The van der Waals surface area contributed by atoms with Crippen molar-refractivity contribution in [2.24, 2.45) is 0 Å². The van der Waals surface area contributed by atoms with Gasteiger partial charge in [0.1, 0.15) is 12.2 Å². The van der Waals surface area contributed by atoms with Crippen molar-refractivity contribution in [2.75, 3.05) is 26.7 Å². The Bertz CT molecular complexity index is 665. The Morgan fingerprint density at radius 3 is 2.48 bits per heavy atom. The van der Waals surface area contributed by atoms with E-state index in [2.05, 4.69) is 32.9 Å². The fourth-order valence-corrected chi connectivity index (χ4v) is 3.83. The zero-order chi connectivity index (χ0) is 19.4. The van der Waals surface area contributed by atoms with Gasteiger partial charge in [-0.2, -0.15) is 5.10 Å². The van der Waals surface area contributed by atoms with Crippen molar-refractivity contribution in [3.63, 3.8) is 0 Å². The number of nitrogens with zero attached hydrogens (tertiary/aromatic N) is 3. The van der Waals surface area contributed by atoms with Crippen molar-refractivity contribution in [1.29, 1.82) is 0 Å². The zero-order valence-electron chi connectivity index (χ0n) is 16.6. The lowest BCUT2D eigenvalue weighted by Gasteiger charge is -2.42. The summed E-state index contributed by atoms with van der Waals surface area (Å²) in [6.07, 6.45) is 4.44. The molecule has 27 heavy (non-hydrogen) atoms. The predicted molar refractivity (Wildman–Crippen MR) is 104 cm³/mol. The maximum atomic E-state index is 12.6. The van der Waals surface area contributed by atoms with E-state index in [1.54, 1.807) is 17.8 Å². The largest absolute Gasteiger partial charge is 0.358 e. The molecule has 3 N–H and O–H groups in total. The van der Waals surface area contributed by atoms with Gasteiger partial charge in [-0.15, -0.1) is 0 Å². The van der Waals surface area contributed by atoms with Crippen molar-refractivity contribution in [2.45, 2.75) is 64.2 Å². The summed E-state index contributed by atoms with van der Waals surface area (Å²) in [4.78, 5) is 26.6. The first kappa shape index (κ1) is 19.8. The molecule has 3 rings (SSSR count). The second kappa shape index (κ2) is 8.84. The topological polar surface area (TPSA) is 91.3 Å². The Kier molecular flexibility index (Phi) is 6.49. The lowest BCUT2D eigenvalue weighted by atomic mass is 9.85. The molecule has 1 saturated heterocycles. The van der Waals surface area contributed by atoms with E-state index in [0.717, 1.165) is 38.2 Å². The fraction of sp³-hybridized carbons (Fsp3) is 0.737. The molecule has 8 heteroatoms. The van der Waals surface area contributed by atoms with Crippen LogP contribution in [0.1, 0.15) is 48.8 Å². The number of amides is 2. The van der Waals surface area contributed by atoms with Crippen LogP contribution in [0.15, 0.2) is 6.07 Å². The Labute approximate surface area is 161 Å². The Morgan fingerprint density at radius 2 is 1.89 bits per heavy atom. The molecule has 1 aromatic rings. The molecule has 0 bridgehead atoms. The summed E-state index contributed by atoms with van der Waals surface area (Å²) in [6, 6.07) is 2.79. The van der Waals surface area contributed by atoms with E-state index >= 15 is 0 Å². The Hall–Kier alpha value is -1.93. The van der Waals surface area contributed by atoms with E-state index < -0.39 is 0 Å². The van der Waals surface area contributed by atoms with Crippen LogP contribution in [-0.4, -0.2) is 71.3 Å². The summed E-state index contributed by atoms with van der Waals surface area (Å²) in [5.41, 5.74) is 1.17. The van der Waals surface area contributed by atoms with Crippen LogP contribution in [0.25, 0.3) is 0 Å². The van der Waals surface area contributed by atoms with E-state index in [-0.39, 0.29) is 24.4 Å². The first-order chi connectivity index (χ1) is 13.0. The summed E-state index contributed by atoms with van der Waals surface area (Å²) in [7, 11) is 1.59. The molecular weight excluding hydrogens is 344 g/mol. The fourth-order valence-electron chi connectivity index (χ4n) is 3.83. The third-order valence-electron chi connectivity index (χ3n) is 5.86. The van der Waals surface area contributed by atoms with Crippen LogP contribution in [0.4, 0.5) is 0 Å². The van der Waals surface area contributed by atoms with Crippen LogP contribution < -0.4 is 16.0 Å². The van der Waals surface area contributed by atoms with Crippen LogP contribution in [0.3, 0.4) is 0 Å². The molecule has 2 atom stereocenters. The molecule has 1 aliphatic carbocycles. The van der Waals surface area contributed by atoms with Gasteiger partial charge in [-0.3, -0.25) is 14.3 Å². The van der Waals surface area contributed by atoms with E-state index in [1.807, 2.05) is 6.92 Å². The Morgan fingerprint density at radius 1 is 1.19 bits per heavy atom. The third kappa shape index (κ3) is 4.87. The minimum Gasteiger partial charge on any atom is -0.358 e. The van der Waals surface area contributed by atoms with Gasteiger partial charge in [0.15, 0.2) is 0 Å². The summed E-state index contributed by atoms with van der Waals surface area (Å²) in [5.74, 6) is -0.295. The van der Waals surface area contributed by atoms with Crippen molar-refractivity contribution < 1.29 is 9.59 Å². The summed E-state index contributed by atoms with van der Waals surface area (Å²) in [5, 5.41) is 13.7. The zero-order valence-corrected chi connectivity index (χ0v) is 16.6. The molecule has 0 unspecified atom stereocenters. The highest BCUT2D eigenvalue weighted by molar-refractivity contribution is 5.92. The van der Waals surface area contributed by atoms with Gasteiger partial charge < -0.3 is 20.9 Å². The predicted octanol–water partition coefficient (Wildman–Crippen LogP) is 0.272. The van der Waals surface area contributed by atoms with Crippen LogP contribution in [0.2, 0.25) is 0 Å². The van der Waals surface area contributed by atoms with Crippen molar-refractivity contribution >= 4 is 11.8 Å². The van der Waals surface area contributed by atoms with Crippen molar-refractivity contribution in [3.05, 3.63) is 17.5 Å². The number of rotatable bonds is 7. The van der Waals surface area contributed by atoms with Gasteiger partial charge in [-0.25, -0.2) is 0 Å². The van der Waals surface area contributed by atoms with E-state index in [4.69, 9.17) is 0 Å². The number of carbonyl (C=O) groups is 2. The SMILES string of the molecule is CCN1CCC(N[C@H]2CC[C@H]2NC(=O)c2cc(C)n(CC(=O)NC)n2)CC1. The number of hydrogen-bond acceptors (Lipinski definition) is 5. The molecule has 0 radical (unpaired) electrons. The molecule has 150 valence electrons. The van der Waals surface area contributed by atoms with Gasteiger partial charge in [0.05, 0.1) is 0 Å². The number of likely N-dealkylation sites (tertiary alicyclic amines) is 1. The number of aryl methyl sites for hydroxylation is 1. The molecule has 2 heterocycles. The number of likely N-dealkylation sites (N-methyl/N-ethyl adjacent to an activating group) is 1. The van der Waals surface area contributed by atoms with Crippen LogP contribution in [-0.2, 0) is 11.3 Å². The summed E-state index contributed by atoms with van der Waals surface area (Å²) in [6.45, 7) is 7.62. The van der Waals surface area contributed by atoms with Crippen LogP contribution in [0, 0.1) is 6.92 Å². The highest BCUT2D eigenvalue weighted by Gasteiger charge is 2.34. The van der Waals surface area contributed by atoms with Crippen LogP contribution in [0.5, 0.6) is 0 Å². The molecule has 1 saturated carbocycles. The van der Waals surface area contributed by atoms with Gasteiger partial charge in [-0.1, -0.05) is 6.92 Å². The van der Waals surface area contributed by atoms with Gasteiger partial charge in [0, 0.05) is 30.9 Å². The second-order valence-corrected chi connectivity index (χ2v) is 7.64. The lowest BCUT2D eigenvalue weighted by Crippen LogP contribution is -2.60. The minimum absolute atomic E-state index is 0.125. The molecule has 1 aliphatic heterocycles. The van der Waals surface area contributed by atoms with E-state index in [0.29, 0.717) is 17.8 Å². The van der Waals surface area contributed by atoms with Gasteiger partial charge in [0.25, 0.3) is 5.91 Å². The van der Waals surface area contributed by atoms with Crippen LogP contribution >= 0.6 is 0 Å². The van der Waals surface area contributed by atoms with E-state index in [1.165, 1.54) is 12.8 Å². The highest BCUT2D eigenvalue weighted by atomic mass is 16.2. The van der Waals surface area contributed by atoms with Gasteiger partial charge >= 0.3 is 0 Å². The third-order valence-corrected chi connectivity index (χ3v) is 5.86. The average molecular weight is 377 g/mol. The normalized spacial score (nSPS) is 23.7. The molecule has 1 aromatic heterocycles. The maximum absolute atomic E-state index is 12.6. The monoisotopic (exact) mass is 376 g/mol. The van der Waals surface area contributed by atoms with E-state index in [9.17, 15) is 9.59 Å². The summed E-state index contributed by atoms with van der Waals surface area (Å²) < 4.78 is 1.56. The molecule has 2 fully saturated rings. The van der Waals surface area contributed by atoms with Crippen molar-refractivity contribution in [1.82, 2.24) is 30.6 Å². The quantitative estimate of drug-likeness (QED) is 0.636. The Balaban J connectivity index is 1.49. The van der Waals surface area contributed by atoms with Gasteiger partial charge in [0.2, 0.25) is 5.91 Å². The molecule has 8 nitrogen and oxygen atoms in total. The number of carbonyl (C=O) groups excluding carboxylic acids is 2.